The molecule has 0 amide bonds. The van der Waals surface area contributed by atoms with Crippen LogP contribution in [0.5, 0.6) is 0 Å². The Morgan fingerprint density at radius 2 is 2.00 bits per heavy atom. The van der Waals surface area contributed by atoms with Gasteiger partial charge in [0.2, 0.25) is 0 Å². The van der Waals surface area contributed by atoms with Gasteiger partial charge in [0.25, 0.3) is 0 Å². The Morgan fingerprint density at radius 3 is 2.36 bits per heavy atom. The maximum atomic E-state index is 10.7. The molecule has 62 valence electrons. The molecular weight excluding hydrogens is 142 g/mol. The van der Waals surface area contributed by atoms with E-state index >= 15 is 0 Å². The van der Waals surface area contributed by atoms with Gasteiger partial charge in [0.05, 0.1) is 5.92 Å². The van der Waals surface area contributed by atoms with E-state index in [0.29, 0.717) is 11.8 Å². The molecule has 3 nitrogen and oxygen atoms in total. The maximum Gasteiger partial charge on any atom is 0.308 e. The van der Waals surface area contributed by atoms with E-state index < -0.39 is 5.97 Å². The lowest BCUT2D eigenvalue weighted by atomic mass is 9.85. The molecule has 2 bridgehead atoms. The molecule has 0 heterocycles. The van der Waals surface area contributed by atoms with Crippen LogP contribution >= 0.6 is 0 Å². The Hall–Kier alpha value is -0.570. The summed E-state index contributed by atoms with van der Waals surface area (Å²) in [6.07, 6.45) is 3.28. The summed E-state index contributed by atoms with van der Waals surface area (Å²) in [5.41, 5.74) is 5.78. The smallest absolute Gasteiger partial charge is 0.308 e. The van der Waals surface area contributed by atoms with Crippen molar-refractivity contribution in [2.75, 3.05) is 0 Å². The minimum atomic E-state index is -0.690. The van der Waals surface area contributed by atoms with Crippen LogP contribution in [0.4, 0.5) is 0 Å². The lowest BCUT2D eigenvalue weighted by Crippen LogP contribution is -2.40. The summed E-state index contributed by atoms with van der Waals surface area (Å²) < 4.78 is 0. The van der Waals surface area contributed by atoms with Gasteiger partial charge < -0.3 is 10.8 Å². The summed E-state index contributed by atoms with van der Waals surface area (Å²) in [5.74, 6) is -0.0490. The summed E-state index contributed by atoms with van der Waals surface area (Å²) >= 11 is 0. The molecule has 1 unspecified atom stereocenters. The Morgan fingerprint density at radius 1 is 1.36 bits per heavy atom. The van der Waals surface area contributed by atoms with Crippen LogP contribution in [-0.4, -0.2) is 17.1 Å². The largest absolute Gasteiger partial charge is 0.481 e. The lowest BCUT2D eigenvalue weighted by Gasteiger charge is -2.23. The first-order chi connectivity index (χ1) is 5.20. The molecule has 2 saturated carbocycles. The number of fused-ring (bicyclic) bond motifs is 2. The number of hydrogen-bond donors (Lipinski definition) is 2. The van der Waals surface area contributed by atoms with Gasteiger partial charge in [-0.15, -0.1) is 0 Å². The van der Waals surface area contributed by atoms with Gasteiger partial charge in [-0.25, -0.2) is 0 Å². The van der Waals surface area contributed by atoms with E-state index in [9.17, 15) is 4.79 Å². The molecule has 0 aromatic rings. The molecule has 11 heavy (non-hydrogen) atoms. The van der Waals surface area contributed by atoms with Gasteiger partial charge >= 0.3 is 5.97 Å². The number of aliphatic carboxylic acids is 1. The van der Waals surface area contributed by atoms with Gasteiger partial charge in [0.1, 0.15) is 0 Å². The lowest BCUT2D eigenvalue weighted by molar-refractivity contribution is -0.144. The van der Waals surface area contributed by atoms with Crippen molar-refractivity contribution in [2.45, 2.75) is 25.3 Å². The van der Waals surface area contributed by atoms with E-state index in [1.165, 1.54) is 0 Å². The summed E-state index contributed by atoms with van der Waals surface area (Å²) in [5, 5.41) is 8.83. The number of nitrogens with two attached hydrogens (primary N) is 1. The Bertz CT molecular complexity index is 191. The van der Waals surface area contributed by atoms with Crippen LogP contribution in [0.2, 0.25) is 0 Å². The predicted molar refractivity (Wildman–Crippen MR) is 39.9 cm³/mol. The fourth-order valence-corrected chi connectivity index (χ4v) is 2.70. The zero-order valence-corrected chi connectivity index (χ0v) is 6.36. The Labute approximate surface area is 65.6 Å². The second-order valence-electron chi connectivity index (χ2n) is 3.77. The first-order valence-electron chi connectivity index (χ1n) is 4.18. The zero-order valence-electron chi connectivity index (χ0n) is 6.36. The second-order valence-corrected chi connectivity index (χ2v) is 3.77. The quantitative estimate of drug-likeness (QED) is 0.577. The normalized spacial score (nSPS) is 48.1. The molecule has 2 rings (SSSR count). The first-order valence-corrected chi connectivity index (χ1v) is 4.18. The van der Waals surface area contributed by atoms with Gasteiger partial charge in [0, 0.05) is 6.04 Å². The van der Waals surface area contributed by atoms with E-state index in [0.717, 1.165) is 19.3 Å². The van der Waals surface area contributed by atoms with Gasteiger partial charge in [0.15, 0.2) is 0 Å². The van der Waals surface area contributed by atoms with Crippen molar-refractivity contribution in [3.05, 3.63) is 0 Å². The standard InChI is InChI=1S/C8H13NO2/c9-7-5-2-1-4(3-5)6(7)8(10)11/h4-7H,1-3,9H2,(H,10,11)/t4-,5+,6?,7+/m0/s1. The van der Waals surface area contributed by atoms with Gasteiger partial charge in [-0.1, -0.05) is 0 Å². The van der Waals surface area contributed by atoms with E-state index in [2.05, 4.69) is 0 Å². The highest BCUT2D eigenvalue weighted by molar-refractivity contribution is 5.72. The molecule has 0 radical (unpaired) electrons. The Kier molecular flexibility index (Phi) is 1.42. The van der Waals surface area contributed by atoms with Crippen LogP contribution < -0.4 is 5.73 Å². The number of carboxylic acids is 1. The van der Waals surface area contributed by atoms with Crippen LogP contribution in [0.3, 0.4) is 0 Å². The molecule has 2 fully saturated rings. The number of rotatable bonds is 1. The maximum absolute atomic E-state index is 10.7. The predicted octanol–water partition coefficient (Wildman–Crippen LogP) is 0.444. The van der Waals surface area contributed by atoms with Crippen LogP contribution in [0, 0.1) is 17.8 Å². The third kappa shape index (κ3) is 0.872. The van der Waals surface area contributed by atoms with Crippen molar-refractivity contribution >= 4 is 5.97 Å². The summed E-state index contributed by atoms with van der Waals surface area (Å²) in [7, 11) is 0. The van der Waals surface area contributed by atoms with Crippen molar-refractivity contribution in [3.8, 4) is 0 Å². The second kappa shape index (κ2) is 2.21. The fraction of sp³-hybridized carbons (Fsp3) is 0.875. The van der Waals surface area contributed by atoms with Gasteiger partial charge in [-0.2, -0.15) is 0 Å². The number of carbonyl (C=O) groups is 1. The fourth-order valence-electron chi connectivity index (χ4n) is 2.70. The molecule has 4 atom stereocenters. The molecule has 3 heteroatoms. The average Bonchev–Trinajstić information content (AvgIpc) is 2.44. The minimum absolute atomic E-state index is 0.0637. The van der Waals surface area contributed by atoms with E-state index in [1.807, 2.05) is 0 Å². The Balaban J connectivity index is 2.17. The average molecular weight is 155 g/mol. The molecule has 0 aliphatic heterocycles. The summed E-state index contributed by atoms with van der Waals surface area (Å²) in [4.78, 5) is 10.7. The molecular formula is C8H13NO2. The van der Waals surface area contributed by atoms with Crippen molar-refractivity contribution in [3.63, 3.8) is 0 Å². The molecule has 0 aromatic carbocycles. The summed E-state index contributed by atoms with van der Waals surface area (Å²) in [6, 6.07) is -0.0637. The van der Waals surface area contributed by atoms with Crippen LogP contribution in [0.15, 0.2) is 0 Å². The van der Waals surface area contributed by atoms with Crippen LogP contribution in [0.1, 0.15) is 19.3 Å². The zero-order chi connectivity index (χ0) is 8.01. The van der Waals surface area contributed by atoms with E-state index in [1.54, 1.807) is 0 Å². The van der Waals surface area contributed by atoms with E-state index in [4.69, 9.17) is 10.8 Å². The van der Waals surface area contributed by atoms with Crippen molar-refractivity contribution in [2.24, 2.45) is 23.5 Å². The SMILES string of the molecule is N[C@H]1C(C(=O)O)[C@H]2CC[C@@H]1C2. The number of carboxylic acid groups (broad SMARTS) is 1. The van der Waals surface area contributed by atoms with E-state index in [-0.39, 0.29) is 12.0 Å². The highest BCUT2D eigenvalue weighted by Crippen LogP contribution is 2.47. The van der Waals surface area contributed by atoms with Crippen molar-refractivity contribution < 1.29 is 9.90 Å². The topological polar surface area (TPSA) is 63.3 Å². The monoisotopic (exact) mass is 155 g/mol. The molecule has 2 aliphatic rings. The number of hydrogen-bond acceptors (Lipinski definition) is 2. The highest BCUT2D eigenvalue weighted by Gasteiger charge is 2.49. The van der Waals surface area contributed by atoms with Crippen LogP contribution in [-0.2, 0) is 4.79 Å². The highest BCUT2D eigenvalue weighted by atomic mass is 16.4. The molecule has 0 saturated heterocycles. The van der Waals surface area contributed by atoms with Crippen molar-refractivity contribution in [1.29, 1.82) is 0 Å². The molecule has 0 spiro atoms. The van der Waals surface area contributed by atoms with Gasteiger partial charge in [-0.05, 0) is 31.1 Å². The third-order valence-corrected chi connectivity index (χ3v) is 3.27. The minimum Gasteiger partial charge on any atom is -0.481 e. The molecule has 2 aliphatic carbocycles. The third-order valence-electron chi connectivity index (χ3n) is 3.27. The first kappa shape index (κ1) is 7.10. The summed E-state index contributed by atoms with van der Waals surface area (Å²) in [6.45, 7) is 0. The van der Waals surface area contributed by atoms with Crippen molar-refractivity contribution in [1.82, 2.24) is 0 Å². The molecule has 0 aromatic heterocycles. The molecule has 3 N–H and O–H groups in total. The van der Waals surface area contributed by atoms with Crippen LogP contribution in [0.25, 0.3) is 0 Å². The van der Waals surface area contributed by atoms with Gasteiger partial charge in [-0.3, -0.25) is 4.79 Å².